The molecule has 2 aliphatic carbocycles. The van der Waals surface area contributed by atoms with Gasteiger partial charge in [0.2, 0.25) is 0 Å². The lowest BCUT2D eigenvalue weighted by Gasteiger charge is -2.32. The predicted molar refractivity (Wildman–Crippen MR) is 105 cm³/mol. The molecule has 4 rings (SSSR count). The summed E-state index contributed by atoms with van der Waals surface area (Å²) in [7, 11) is 5.08. The Hall–Kier alpha value is -1.72. The average Bonchev–Trinajstić information content (AvgIpc) is 3.32. The van der Waals surface area contributed by atoms with Gasteiger partial charge in [0.05, 0.1) is 33.4 Å². The van der Waals surface area contributed by atoms with Gasteiger partial charge in [-0.3, -0.25) is 0 Å². The fraction of sp³-hybridized carbons (Fsp3) is 0.636. The summed E-state index contributed by atoms with van der Waals surface area (Å²) < 4.78 is 16.5. The third-order valence-electron chi connectivity index (χ3n) is 6.86. The zero-order chi connectivity index (χ0) is 18.8. The highest BCUT2D eigenvalue weighted by Gasteiger charge is 2.38. The smallest absolute Gasteiger partial charge is 0.164 e. The molecule has 5 heteroatoms. The summed E-state index contributed by atoms with van der Waals surface area (Å²) in [6.07, 6.45) is 7.80. The molecule has 5 nitrogen and oxygen atoms in total. The Bertz CT molecular complexity index is 682. The molecule has 148 valence electrons. The molecule has 3 aliphatic rings. The van der Waals surface area contributed by atoms with Crippen LogP contribution >= 0.6 is 0 Å². The molecule has 1 saturated carbocycles. The summed E-state index contributed by atoms with van der Waals surface area (Å²) in [6.45, 7) is 7.37. The van der Waals surface area contributed by atoms with Crippen LogP contribution in [0.2, 0.25) is 0 Å². The van der Waals surface area contributed by atoms with E-state index >= 15 is 0 Å². The second-order valence-corrected chi connectivity index (χ2v) is 8.44. The van der Waals surface area contributed by atoms with Gasteiger partial charge in [-0.15, -0.1) is 0 Å². The maximum atomic E-state index is 5.61. The van der Waals surface area contributed by atoms with E-state index in [1.54, 1.807) is 26.2 Å². The zero-order valence-corrected chi connectivity index (χ0v) is 16.9. The van der Waals surface area contributed by atoms with Gasteiger partial charge in [0.25, 0.3) is 0 Å². The number of hydrogen-bond acceptors (Lipinski definition) is 3. The lowest BCUT2D eigenvalue weighted by atomic mass is 9.93. The molecule has 0 radical (unpaired) electrons. The van der Waals surface area contributed by atoms with Gasteiger partial charge in [-0.2, -0.15) is 0 Å². The Morgan fingerprint density at radius 2 is 1.48 bits per heavy atom. The number of hydrogen-bond donors (Lipinski definition) is 2. The molecule has 27 heavy (non-hydrogen) atoms. The normalized spacial score (nSPS) is 31.9. The number of quaternary nitrogens is 2. The van der Waals surface area contributed by atoms with Crippen LogP contribution < -0.4 is 24.0 Å². The number of rotatable bonds is 7. The van der Waals surface area contributed by atoms with E-state index in [9.17, 15) is 0 Å². The zero-order valence-electron chi connectivity index (χ0n) is 16.9. The van der Waals surface area contributed by atoms with E-state index in [1.165, 1.54) is 51.1 Å². The number of allylic oxidation sites excluding steroid dienone is 2. The summed E-state index contributed by atoms with van der Waals surface area (Å²) in [5.41, 5.74) is 1.20. The number of nitrogens with one attached hydrogen (secondary N) is 2. The van der Waals surface area contributed by atoms with Gasteiger partial charge < -0.3 is 24.0 Å². The number of fused-ring (bicyclic) bond motifs is 2. The highest BCUT2D eigenvalue weighted by molar-refractivity contribution is 5.50. The van der Waals surface area contributed by atoms with Crippen LogP contribution in [-0.2, 0) is 6.54 Å². The van der Waals surface area contributed by atoms with Crippen LogP contribution in [0.5, 0.6) is 17.2 Å². The van der Waals surface area contributed by atoms with Crippen molar-refractivity contribution in [2.75, 3.05) is 54.1 Å². The standard InChI is InChI=1S/C22H32N2O3/c1-25-20-13-22(27-3)21(26-2)12-19(20)15-24-8-6-23(7-9-24)14-18-11-16-4-5-17(18)10-16/h4-5,12-13,16-18H,6-11,14-15H2,1-3H3/p+2/t16-,17+,18+/m1/s1. The fourth-order valence-electron chi connectivity index (χ4n) is 5.34. The first kappa shape index (κ1) is 18.6. The number of ether oxygens (including phenoxy) is 3. The van der Waals surface area contributed by atoms with Crippen LogP contribution in [0.15, 0.2) is 24.3 Å². The topological polar surface area (TPSA) is 36.6 Å². The molecule has 0 unspecified atom stereocenters. The van der Waals surface area contributed by atoms with Crippen LogP contribution in [-0.4, -0.2) is 54.1 Å². The van der Waals surface area contributed by atoms with E-state index in [2.05, 4.69) is 18.2 Å². The van der Waals surface area contributed by atoms with E-state index in [0.717, 1.165) is 41.5 Å². The lowest BCUT2D eigenvalue weighted by Crippen LogP contribution is -3.27. The molecule has 2 bridgehead atoms. The molecule has 0 spiro atoms. The van der Waals surface area contributed by atoms with Crippen LogP contribution in [0.4, 0.5) is 0 Å². The average molecular weight is 375 g/mol. The van der Waals surface area contributed by atoms with E-state index in [4.69, 9.17) is 14.2 Å². The summed E-state index contributed by atoms with van der Waals surface area (Å²) in [5, 5.41) is 0. The van der Waals surface area contributed by atoms with Crippen LogP contribution in [0.1, 0.15) is 18.4 Å². The molecule has 1 aromatic rings. The molecule has 2 fully saturated rings. The Morgan fingerprint density at radius 1 is 0.815 bits per heavy atom. The van der Waals surface area contributed by atoms with Crippen molar-refractivity contribution >= 4 is 0 Å². The molecular formula is C22H34N2O3+2. The van der Waals surface area contributed by atoms with Gasteiger partial charge in [0, 0.05) is 12.0 Å². The number of piperazine rings is 1. The summed E-state index contributed by atoms with van der Waals surface area (Å²) in [4.78, 5) is 3.45. The highest BCUT2D eigenvalue weighted by Crippen LogP contribution is 2.42. The monoisotopic (exact) mass is 374 g/mol. The molecule has 1 aliphatic heterocycles. The van der Waals surface area contributed by atoms with Crippen molar-refractivity contribution in [3.63, 3.8) is 0 Å². The Morgan fingerprint density at radius 3 is 2.07 bits per heavy atom. The van der Waals surface area contributed by atoms with E-state index in [1.807, 2.05) is 11.0 Å². The lowest BCUT2D eigenvalue weighted by molar-refractivity contribution is -1.02. The molecule has 0 amide bonds. The summed E-state index contributed by atoms with van der Waals surface area (Å²) >= 11 is 0. The molecule has 1 heterocycles. The second-order valence-electron chi connectivity index (χ2n) is 8.44. The fourth-order valence-corrected chi connectivity index (χ4v) is 5.34. The molecule has 0 aromatic heterocycles. The van der Waals surface area contributed by atoms with Crippen LogP contribution in [0.3, 0.4) is 0 Å². The third kappa shape index (κ3) is 3.94. The Kier molecular flexibility index (Phi) is 5.60. The van der Waals surface area contributed by atoms with Gasteiger partial charge in [-0.25, -0.2) is 0 Å². The van der Waals surface area contributed by atoms with Crippen molar-refractivity contribution in [1.29, 1.82) is 0 Å². The van der Waals surface area contributed by atoms with Crippen molar-refractivity contribution in [3.8, 4) is 17.2 Å². The van der Waals surface area contributed by atoms with Crippen LogP contribution in [0, 0.1) is 17.8 Å². The first-order valence-electron chi connectivity index (χ1n) is 10.3. The van der Waals surface area contributed by atoms with Crippen LogP contribution in [0.25, 0.3) is 0 Å². The van der Waals surface area contributed by atoms with E-state index < -0.39 is 0 Å². The molecule has 2 N–H and O–H groups in total. The largest absolute Gasteiger partial charge is 0.496 e. The minimum absolute atomic E-state index is 0.724. The number of benzene rings is 1. The first-order valence-corrected chi connectivity index (χ1v) is 10.3. The first-order chi connectivity index (χ1) is 13.2. The van der Waals surface area contributed by atoms with Crippen molar-refractivity contribution < 1.29 is 24.0 Å². The number of methoxy groups -OCH3 is 3. The van der Waals surface area contributed by atoms with Gasteiger partial charge in [0.15, 0.2) is 11.5 Å². The van der Waals surface area contributed by atoms with Gasteiger partial charge >= 0.3 is 0 Å². The molecular weight excluding hydrogens is 340 g/mol. The van der Waals surface area contributed by atoms with E-state index in [-0.39, 0.29) is 0 Å². The second kappa shape index (κ2) is 8.11. The maximum absolute atomic E-state index is 5.61. The van der Waals surface area contributed by atoms with Crippen molar-refractivity contribution in [3.05, 3.63) is 29.8 Å². The van der Waals surface area contributed by atoms with Crippen molar-refractivity contribution in [1.82, 2.24) is 0 Å². The SMILES string of the molecule is COc1cc(OC)c(OC)cc1C[NH+]1CC[NH+](C[C@@H]2C[C@@H]3C=C[C@H]2C3)CC1. The molecule has 3 atom stereocenters. The third-order valence-corrected chi connectivity index (χ3v) is 6.86. The van der Waals surface area contributed by atoms with Crippen molar-refractivity contribution in [2.45, 2.75) is 19.4 Å². The molecule has 1 aromatic carbocycles. The van der Waals surface area contributed by atoms with Gasteiger partial charge in [-0.1, -0.05) is 12.2 Å². The summed E-state index contributed by atoms with van der Waals surface area (Å²) in [5.74, 6) is 5.10. The van der Waals surface area contributed by atoms with E-state index in [0.29, 0.717) is 0 Å². The van der Waals surface area contributed by atoms with Gasteiger partial charge in [-0.05, 0) is 30.7 Å². The Balaban J connectivity index is 1.33. The quantitative estimate of drug-likeness (QED) is 0.670. The molecule has 1 saturated heterocycles. The predicted octanol–water partition coefficient (Wildman–Crippen LogP) is 0.208. The minimum Gasteiger partial charge on any atom is -0.496 e. The maximum Gasteiger partial charge on any atom is 0.164 e. The summed E-state index contributed by atoms with van der Waals surface area (Å²) in [6, 6.07) is 4.02. The minimum atomic E-state index is 0.724. The van der Waals surface area contributed by atoms with Gasteiger partial charge in [0.1, 0.15) is 38.5 Å². The van der Waals surface area contributed by atoms with Crippen molar-refractivity contribution in [2.24, 2.45) is 17.8 Å². The Labute approximate surface area is 162 Å². The highest BCUT2D eigenvalue weighted by atomic mass is 16.5.